The van der Waals surface area contributed by atoms with Crippen molar-refractivity contribution >= 4 is 17.3 Å². The predicted molar refractivity (Wildman–Crippen MR) is 95.4 cm³/mol. The van der Waals surface area contributed by atoms with Gasteiger partial charge in [-0.25, -0.2) is 0 Å². The SMILES string of the molecule is CC(=O)[C@@H]1C2=C(CC[C@@]1(O)CC1(C)OCCO1)C(=O)c1ccccc1C2=O. The second kappa shape index (κ2) is 6.19. The third-order valence-corrected chi connectivity index (χ3v) is 5.83. The third kappa shape index (κ3) is 2.79. The highest BCUT2D eigenvalue weighted by molar-refractivity contribution is 6.28. The van der Waals surface area contributed by atoms with Crippen LogP contribution in [0.2, 0.25) is 0 Å². The summed E-state index contributed by atoms with van der Waals surface area (Å²) < 4.78 is 11.2. The highest BCUT2D eigenvalue weighted by atomic mass is 16.7. The van der Waals surface area contributed by atoms with Crippen molar-refractivity contribution < 1.29 is 29.0 Å². The Labute approximate surface area is 157 Å². The van der Waals surface area contributed by atoms with Crippen LogP contribution in [0.5, 0.6) is 0 Å². The van der Waals surface area contributed by atoms with Crippen molar-refractivity contribution in [1.82, 2.24) is 0 Å². The zero-order valence-electron chi connectivity index (χ0n) is 15.4. The standard InChI is InChI=1S/C21H22O6/c1-12(22)17-16-15(18(23)13-5-3-4-6-14(13)19(16)24)7-8-21(17,25)11-20(2)26-9-10-27-20/h3-6,17,25H,7-11H2,1-2H3/t17-,21-/m1/s1. The number of hydrogen-bond donors (Lipinski definition) is 1. The number of hydrogen-bond acceptors (Lipinski definition) is 6. The van der Waals surface area contributed by atoms with Crippen molar-refractivity contribution in [3.63, 3.8) is 0 Å². The summed E-state index contributed by atoms with van der Waals surface area (Å²) in [5, 5.41) is 11.4. The highest BCUT2D eigenvalue weighted by Gasteiger charge is 2.54. The van der Waals surface area contributed by atoms with Crippen LogP contribution in [0.25, 0.3) is 0 Å². The van der Waals surface area contributed by atoms with Crippen LogP contribution in [0.4, 0.5) is 0 Å². The minimum absolute atomic E-state index is 0.0597. The first-order chi connectivity index (χ1) is 12.8. The number of allylic oxidation sites excluding steroid dienone is 1. The molecule has 6 heteroatoms. The van der Waals surface area contributed by atoms with E-state index < -0.39 is 17.3 Å². The van der Waals surface area contributed by atoms with Crippen molar-refractivity contribution in [3.8, 4) is 0 Å². The van der Waals surface area contributed by atoms with Gasteiger partial charge in [-0.05, 0) is 26.7 Å². The molecule has 3 aliphatic rings. The fraction of sp³-hybridized carbons (Fsp3) is 0.476. The van der Waals surface area contributed by atoms with Gasteiger partial charge in [0.15, 0.2) is 17.4 Å². The van der Waals surface area contributed by atoms with Crippen LogP contribution in [0.3, 0.4) is 0 Å². The van der Waals surface area contributed by atoms with Crippen LogP contribution < -0.4 is 0 Å². The van der Waals surface area contributed by atoms with E-state index in [0.29, 0.717) is 24.4 Å². The first-order valence-corrected chi connectivity index (χ1v) is 9.18. The molecule has 0 aromatic heterocycles. The molecular formula is C21H22O6. The molecule has 1 aromatic carbocycles. The Balaban J connectivity index is 1.80. The Hall–Kier alpha value is -2.15. The van der Waals surface area contributed by atoms with Crippen LogP contribution in [0.15, 0.2) is 35.4 Å². The van der Waals surface area contributed by atoms with E-state index in [1.807, 2.05) is 0 Å². The lowest BCUT2D eigenvalue weighted by molar-refractivity contribution is -0.192. The molecule has 1 N–H and O–H groups in total. The Morgan fingerprint density at radius 1 is 1.15 bits per heavy atom. The first-order valence-electron chi connectivity index (χ1n) is 9.18. The minimum atomic E-state index is -1.51. The molecular weight excluding hydrogens is 348 g/mol. The normalized spacial score (nSPS) is 29.5. The average molecular weight is 370 g/mol. The lowest BCUT2D eigenvalue weighted by Crippen LogP contribution is -2.52. The molecule has 1 fully saturated rings. The summed E-state index contributed by atoms with van der Waals surface area (Å²) in [5.41, 5.74) is -0.366. The molecule has 1 aromatic rings. The summed E-state index contributed by atoms with van der Waals surface area (Å²) in [6.45, 7) is 3.90. The number of ketones is 3. The molecule has 0 spiro atoms. The van der Waals surface area contributed by atoms with Gasteiger partial charge in [-0.15, -0.1) is 0 Å². The lowest BCUT2D eigenvalue weighted by Gasteiger charge is -2.44. The van der Waals surface area contributed by atoms with E-state index in [0.717, 1.165) is 0 Å². The summed E-state index contributed by atoms with van der Waals surface area (Å²) in [4.78, 5) is 38.7. The summed E-state index contributed by atoms with van der Waals surface area (Å²) in [6.07, 6.45) is 0.494. The van der Waals surface area contributed by atoms with Crippen LogP contribution >= 0.6 is 0 Å². The lowest BCUT2D eigenvalue weighted by atomic mass is 9.63. The monoisotopic (exact) mass is 370 g/mol. The third-order valence-electron chi connectivity index (χ3n) is 5.83. The zero-order valence-corrected chi connectivity index (χ0v) is 15.4. The number of rotatable bonds is 3. The second-order valence-corrected chi connectivity index (χ2v) is 7.75. The molecule has 1 saturated heterocycles. The molecule has 6 nitrogen and oxygen atoms in total. The van der Waals surface area contributed by atoms with E-state index in [-0.39, 0.29) is 47.7 Å². The van der Waals surface area contributed by atoms with E-state index in [2.05, 4.69) is 0 Å². The van der Waals surface area contributed by atoms with Crippen LogP contribution in [-0.2, 0) is 14.3 Å². The molecule has 1 aliphatic heterocycles. The molecule has 0 unspecified atom stereocenters. The molecule has 27 heavy (non-hydrogen) atoms. The maximum absolute atomic E-state index is 13.2. The van der Waals surface area contributed by atoms with Gasteiger partial charge in [-0.2, -0.15) is 0 Å². The molecule has 0 amide bonds. The number of benzene rings is 1. The van der Waals surface area contributed by atoms with E-state index in [1.54, 1.807) is 31.2 Å². The number of aliphatic hydroxyl groups is 1. The Bertz CT molecular complexity index is 876. The van der Waals surface area contributed by atoms with Crippen molar-refractivity contribution in [2.45, 2.75) is 44.5 Å². The number of fused-ring (bicyclic) bond motifs is 1. The molecule has 1 heterocycles. The molecule has 4 rings (SSSR count). The van der Waals surface area contributed by atoms with E-state index in [9.17, 15) is 19.5 Å². The maximum Gasteiger partial charge on any atom is 0.191 e. The van der Waals surface area contributed by atoms with Gasteiger partial charge in [0.2, 0.25) is 0 Å². The van der Waals surface area contributed by atoms with E-state index in [1.165, 1.54) is 6.92 Å². The summed E-state index contributed by atoms with van der Waals surface area (Å²) in [7, 11) is 0. The van der Waals surface area contributed by atoms with Gasteiger partial charge in [0, 0.05) is 28.7 Å². The predicted octanol–water partition coefficient (Wildman–Crippen LogP) is 2.25. The zero-order chi connectivity index (χ0) is 19.4. The number of carbonyl (C=O) groups is 3. The average Bonchev–Trinajstić information content (AvgIpc) is 3.04. The minimum Gasteiger partial charge on any atom is -0.389 e. The number of ether oxygens (including phenoxy) is 2. The molecule has 142 valence electrons. The molecule has 2 aliphatic carbocycles. The topological polar surface area (TPSA) is 89.9 Å². The van der Waals surface area contributed by atoms with E-state index in [4.69, 9.17) is 9.47 Å². The van der Waals surface area contributed by atoms with Gasteiger partial charge < -0.3 is 14.6 Å². The van der Waals surface area contributed by atoms with Crippen molar-refractivity contribution in [3.05, 3.63) is 46.5 Å². The van der Waals surface area contributed by atoms with Gasteiger partial charge in [-0.1, -0.05) is 24.3 Å². The first kappa shape index (κ1) is 18.2. The fourth-order valence-electron chi connectivity index (χ4n) is 4.74. The summed E-state index contributed by atoms with van der Waals surface area (Å²) >= 11 is 0. The molecule has 0 bridgehead atoms. The van der Waals surface area contributed by atoms with Gasteiger partial charge in [0.05, 0.1) is 24.7 Å². The molecule has 0 saturated carbocycles. The summed E-state index contributed by atoms with van der Waals surface area (Å²) in [5.74, 6) is -3.01. The van der Waals surface area contributed by atoms with Crippen molar-refractivity contribution in [1.29, 1.82) is 0 Å². The van der Waals surface area contributed by atoms with Crippen molar-refractivity contribution in [2.24, 2.45) is 5.92 Å². The highest BCUT2D eigenvalue weighted by Crippen LogP contribution is 2.47. The Kier molecular flexibility index (Phi) is 4.18. The summed E-state index contributed by atoms with van der Waals surface area (Å²) in [6, 6.07) is 6.63. The van der Waals surface area contributed by atoms with Gasteiger partial charge >= 0.3 is 0 Å². The molecule has 0 radical (unpaired) electrons. The largest absolute Gasteiger partial charge is 0.389 e. The van der Waals surface area contributed by atoms with Crippen molar-refractivity contribution in [2.75, 3.05) is 13.2 Å². The fourth-order valence-corrected chi connectivity index (χ4v) is 4.74. The molecule has 2 atom stereocenters. The quantitative estimate of drug-likeness (QED) is 0.878. The van der Waals surface area contributed by atoms with Crippen LogP contribution in [0, 0.1) is 5.92 Å². The van der Waals surface area contributed by atoms with E-state index >= 15 is 0 Å². The second-order valence-electron chi connectivity index (χ2n) is 7.75. The van der Waals surface area contributed by atoms with Crippen LogP contribution in [-0.4, -0.2) is 47.1 Å². The Morgan fingerprint density at radius 3 is 2.33 bits per heavy atom. The van der Waals surface area contributed by atoms with Crippen LogP contribution in [0.1, 0.15) is 53.8 Å². The maximum atomic E-state index is 13.2. The number of carbonyl (C=O) groups excluding carboxylic acids is 3. The Morgan fingerprint density at radius 2 is 1.74 bits per heavy atom. The van der Waals surface area contributed by atoms with Gasteiger partial charge in [0.1, 0.15) is 5.78 Å². The number of Topliss-reactive ketones (excluding diaryl/α,β-unsaturated/α-hetero) is 3. The van der Waals surface area contributed by atoms with Gasteiger partial charge in [-0.3, -0.25) is 14.4 Å². The van der Waals surface area contributed by atoms with Gasteiger partial charge in [0.25, 0.3) is 0 Å². The smallest absolute Gasteiger partial charge is 0.191 e.